The summed E-state index contributed by atoms with van der Waals surface area (Å²) in [6.45, 7) is 4.13. The van der Waals surface area contributed by atoms with E-state index in [1.54, 1.807) is 4.90 Å². The van der Waals surface area contributed by atoms with Crippen molar-refractivity contribution in [3.63, 3.8) is 0 Å². The third-order valence-corrected chi connectivity index (χ3v) is 2.88. The van der Waals surface area contributed by atoms with Gasteiger partial charge in [-0.25, -0.2) is 9.63 Å². The van der Waals surface area contributed by atoms with Crippen molar-refractivity contribution < 1.29 is 19.5 Å². The molecule has 0 atom stereocenters. The Kier molecular flexibility index (Phi) is 4.35. The highest BCUT2D eigenvalue weighted by Gasteiger charge is 2.19. The maximum atomic E-state index is 11.7. The van der Waals surface area contributed by atoms with E-state index in [1.807, 2.05) is 31.2 Å². The Labute approximate surface area is 111 Å². The van der Waals surface area contributed by atoms with Gasteiger partial charge in [0, 0.05) is 13.1 Å². The second kappa shape index (κ2) is 6.19. The van der Waals surface area contributed by atoms with Crippen LogP contribution < -0.4 is 10.9 Å². The zero-order valence-corrected chi connectivity index (χ0v) is 10.9. The summed E-state index contributed by atoms with van der Waals surface area (Å²) in [5.74, 6) is 0.307. The second-order valence-corrected chi connectivity index (χ2v) is 4.35. The normalized spacial score (nSPS) is 16.3. The van der Waals surface area contributed by atoms with E-state index in [0.29, 0.717) is 32.1 Å². The van der Waals surface area contributed by atoms with Gasteiger partial charge >= 0.3 is 11.9 Å². The van der Waals surface area contributed by atoms with Crippen molar-refractivity contribution in [2.75, 3.05) is 26.3 Å². The first-order valence-electron chi connectivity index (χ1n) is 6.16. The van der Waals surface area contributed by atoms with E-state index in [9.17, 15) is 4.79 Å². The SMILES string of the molecule is Cc1ccc(C(N)=[NH+]OC(=O)N2CCOCC2)cc1. The first kappa shape index (κ1) is 13.4. The lowest BCUT2D eigenvalue weighted by Gasteiger charge is -2.23. The Hall–Kier alpha value is -2.08. The van der Waals surface area contributed by atoms with E-state index in [2.05, 4.69) is 5.16 Å². The van der Waals surface area contributed by atoms with Gasteiger partial charge in [0.2, 0.25) is 0 Å². The number of amidine groups is 1. The minimum absolute atomic E-state index is 0.307. The average molecular weight is 264 g/mol. The molecule has 1 amide bonds. The van der Waals surface area contributed by atoms with Crippen LogP contribution in [0, 0.1) is 6.92 Å². The van der Waals surface area contributed by atoms with Crippen LogP contribution in [0.2, 0.25) is 0 Å². The van der Waals surface area contributed by atoms with E-state index in [1.165, 1.54) is 0 Å². The smallest absolute Gasteiger partial charge is 0.378 e. The molecule has 1 aromatic rings. The van der Waals surface area contributed by atoms with Crippen LogP contribution in [-0.4, -0.2) is 43.1 Å². The molecule has 6 nitrogen and oxygen atoms in total. The zero-order valence-electron chi connectivity index (χ0n) is 10.9. The number of nitrogens with one attached hydrogen (secondary N) is 1. The summed E-state index contributed by atoms with van der Waals surface area (Å²) in [5, 5.41) is 2.48. The van der Waals surface area contributed by atoms with Crippen LogP contribution >= 0.6 is 0 Å². The monoisotopic (exact) mass is 264 g/mol. The predicted octanol–water partition coefficient (Wildman–Crippen LogP) is -0.835. The first-order valence-corrected chi connectivity index (χ1v) is 6.16. The molecular formula is C13H18N3O3+. The van der Waals surface area contributed by atoms with Crippen molar-refractivity contribution in [3.05, 3.63) is 35.4 Å². The van der Waals surface area contributed by atoms with Crippen molar-refractivity contribution in [1.29, 1.82) is 0 Å². The van der Waals surface area contributed by atoms with Gasteiger partial charge in [-0.3, -0.25) is 5.73 Å². The van der Waals surface area contributed by atoms with Crippen molar-refractivity contribution in [2.24, 2.45) is 5.73 Å². The molecule has 2 rings (SSSR count). The highest BCUT2D eigenvalue weighted by atomic mass is 16.7. The van der Waals surface area contributed by atoms with Gasteiger partial charge in [0.25, 0.3) is 0 Å². The number of morpholine rings is 1. The number of carbonyl (C=O) groups excluding carboxylic acids is 1. The molecule has 0 spiro atoms. The fourth-order valence-corrected chi connectivity index (χ4v) is 1.70. The van der Waals surface area contributed by atoms with E-state index in [4.69, 9.17) is 15.3 Å². The molecule has 0 unspecified atom stereocenters. The van der Waals surface area contributed by atoms with Gasteiger partial charge in [-0.15, -0.1) is 0 Å². The maximum Gasteiger partial charge on any atom is 0.454 e. The Bertz CT molecular complexity index is 465. The highest BCUT2D eigenvalue weighted by Crippen LogP contribution is 2.00. The van der Waals surface area contributed by atoms with Crippen LogP contribution in [0.3, 0.4) is 0 Å². The Balaban J connectivity index is 1.93. The van der Waals surface area contributed by atoms with Gasteiger partial charge in [-0.05, 0) is 19.1 Å². The van der Waals surface area contributed by atoms with E-state index in [0.717, 1.165) is 11.1 Å². The molecule has 19 heavy (non-hydrogen) atoms. The summed E-state index contributed by atoms with van der Waals surface area (Å²) < 4.78 is 5.16. The number of nitrogen functional groups attached to an aromatic ring is 1. The summed E-state index contributed by atoms with van der Waals surface area (Å²) in [4.78, 5) is 18.2. The number of carbonyl (C=O) groups is 1. The topological polar surface area (TPSA) is 78.8 Å². The van der Waals surface area contributed by atoms with Gasteiger partial charge in [0.1, 0.15) is 0 Å². The molecule has 0 radical (unpaired) electrons. The summed E-state index contributed by atoms with van der Waals surface area (Å²) in [6.07, 6.45) is -0.446. The molecule has 1 aromatic carbocycles. The number of amides is 1. The van der Waals surface area contributed by atoms with Crippen molar-refractivity contribution in [2.45, 2.75) is 6.92 Å². The van der Waals surface area contributed by atoms with Gasteiger partial charge in [0.05, 0.1) is 18.8 Å². The fourth-order valence-electron chi connectivity index (χ4n) is 1.70. The fraction of sp³-hybridized carbons (Fsp3) is 0.385. The first-order chi connectivity index (χ1) is 9.16. The number of hydrogen-bond donors (Lipinski definition) is 2. The third-order valence-electron chi connectivity index (χ3n) is 2.88. The molecule has 1 heterocycles. The van der Waals surface area contributed by atoms with Crippen molar-refractivity contribution in [3.8, 4) is 0 Å². The van der Waals surface area contributed by atoms with Crippen LogP contribution in [0.15, 0.2) is 24.3 Å². The summed E-state index contributed by atoms with van der Waals surface area (Å²) in [5.41, 5.74) is 7.73. The second-order valence-electron chi connectivity index (χ2n) is 4.35. The molecule has 0 saturated carbocycles. The number of benzene rings is 1. The van der Waals surface area contributed by atoms with Crippen molar-refractivity contribution in [1.82, 2.24) is 4.90 Å². The van der Waals surface area contributed by atoms with E-state index >= 15 is 0 Å². The Morgan fingerprint density at radius 3 is 2.58 bits per heavy atom. The van der Waals surface area contributed by atoms with E-state index in [-0.39, 0.29) is 0 Å². The lowest BCUT2D eigenvalue weighted by atomic mass is 10.1. The molecule has 0 aromatic heterocycles. The summed E-state index contributed by atoms with van der Waals surface area (Å²) in [7, 11) is 0. The molecule has 3 N–H and O–H groups in total. The Morgan fingerprint density at radius 2 is 1.95 bits per heavy atom. The van der Waals surface area contributed by atoms with E-state index < -0.39 is 6.09 Å². The van der Waals surface area contributed by atoms with Crippen LogP contribution in [0.25, 0.3) is 0 Å². The highest BCUT2D eigenvalue weighted by molar-refractivity contribution is 5.92. The van der Waals surface area contributed by atoms with Gasteiger partial charge < -0.3 is 9.64 Å². The number of hydrogen-bond acceptors (Lipinski definition) is 3. The van der Waals surface area contributed by atoms with Gasteiger partial charge in [0.15, 0.2) is 0 Å². The molecule has 1 aliphatic heterocycles. The molecule has 1 aliphatic rings. The Morgan fingerprint density at radius 1 is 1.32 bits per heavy atom. The average Bonchev–Trinajstić information content (AvgIpc) is 2.46. The van der Waals surface area contributed by atoms with Gasteiger partial charge in [-0.2, -0.15) is 0 Å². The molecule has 1 saturated heterocycles. The molecule has 0 aliphatic carbocycles. The molecule has 6 heteroatoms. The quantitative estimate of drug-likeness (QED) is 0.316. The molecular weight excluding hydrogens is 246 g/mol. The largest absolute Gasteiger partial charge is 0.454 e. The molecule has 0 bridgehead atoms. The minimum Gasteiger partial charge on any atom is -0.378 e. The number of nitrogens with zero attached hydrogens (tertiary/aromatic N) is 1. The lowest BCUT2D eigenvalue weighted by molar-refractivity contribution is -0.723. The van der Waals surface area contributed by atoms with Gasteiger partial charge in [-0.1, -0.05) is 22.9 Å². The molecule has 1 fully saturated rings. The van der Waals surface area contributed by atoms with Crippen LogP contribution in [0.5, 0.6) is 0 Å². The third kappa shape index (κ3) is 3.69. The maximum absolute atomic E-state index is 11.7. The summed E-state index contributed by atoms with van der Waals surface area (Å²) >= 11 is 0. The standard InChI is InChI=1S/C13H17N3O3/c1-10-2-4-11(5-3-10)12(14)15-19-13(17)16-6-8-18-9-7-16/h2-5H,6-9H2,1H3,(H2,14,15)/p+1. The zero-order chi connectivity index (χ0) is 13.7. The van der Waals surface area contributed by atoms with Crippen LogP contribution in [-0.2, 0) is 9.57 Å². The molecule has 102 valence electrons. The lowest BCUT2D eigenvalue weighted by Crippen LogP contribution is -2.76. The predicted molar refractivity (Wildman–Crippen MR) is 69.3 cm³/mol. The van der Waals surface area contributed by atoms with Crippen LogP contribution in [0.4, 0.5) is 4.79 Å². The minimum atomic E-state index is -0.446. The number of ether oxygens (including phenoxy) is 1. The number of rotatable bonds is 2. The summed E-state index contributed by atoms with van der Waals surface area (Å²) in [6, 6.07) is 7.60. The number of nitrogens with two attached hydrogens (primary N) is 1. The number of aryl methyl sites for hydroxylation is 1. The van der Waals surface area contributed by atoms with Crippen LogP contribution in [0.1, 0.15) is 11.1 Å². The van der Waals surface area contributed by atoms with Crippen molar-refractivity contribution >= 4 is 11.9 Å².